The van der Waals surface area contributed by atoms with Crippen LogP contribution < -0.4 is 15.4 Å². The molecule has 0 bridgehead atoms. The number of rotatable bonds is 6. The van der Waals surface area contributed by atoms with Crippen molar-refractivity contribution >= 4 is 23.3 Å². The third-order valence-electron chi connectivity index (χ3n) is 5.63. The summed E-state index contributed by atoms with van der Waals surface area (Å²) in [4.78, 5) is 8.83. The monoisotopic (exact) mass is 436 g/mol. The van der Waals surface area contributed by atoms with Gasteiger partial charge in [-0.05, 0) is 61.8 Å². The Bertz CT molecular complexity index is 1040. The van der Waals surface area contributed by atoms with E-state index < -0.39 is 0 Å². The van der Waals surface area contributed by atoms with Gasteiger partial charge in [-0.3, -0.25) is 0 Å². The summed E-state index contributed by atoms with van der Waals surface area (Å²) in [6.07, 6.45) is 4.40. The first-order valence-corrected chi connectivity index (χ1v) is 10.8. The number of para-hydroxylation sites is 1. The number of aromatic nitrogens is 2. The molecule has 2 aromatic carbocycles. The van der Waals surface area contributed by atoms with Gasteiger partial charge in [0, 0.05) is 23.7 Å². The summed E-state index contributed by atoms with van der Waals surface area (Å²) >= 11 is 5.50. The average molecular weight is 437 g/mol. The Morgan fingerprint density at radius 1 is 1.06 bits per heavy atom. The van der Waals surface area contributed by atoms with Gasteiger partial charge in [-0.25, -0.2) is 9.37 Å². The van der Waals surface area contributed by atoms with E-state index in [0.717, 1.165) is 36.9 Å². The summed E-state index contributed by atoms with van der Waals surface area (Å²) in [6, 6.07) is 18.1. The largest absolute Gasteiger partial charge is 0.439 e. The number of benzene rings is 2. The molecular weight excluding hydrogens is 411 g/mol. The van der Waals surface area contributed by atoms with Crippen LogP contribution in [-0.4, -0.2) is 21.6 Å². The van der Waals surface area contributed by atoms with Crippen LogP contribution >= 0.6 is 12.2 Å². The molecule has 160 valence electrons. The summed E-state index contributed by atoms with van der Waals surface area (Å²) < 4.78 is 19.2. The van der Waals surface area contributed by atoms with E-state index in [1.165, 1.54) is 12.1 Å². The number of anilines is 1. The molecule has 5 nitrogen and oxygen atoms in total. The Morgan fingerprint density at radius 3 is 2.48 bits per heavy atom. The van der Waals surface area contributed by atoms with Crippen molar-refractivity contribution in [2.24, 2.45) is 0 Å². The summed E-state index contributed by atoms with van der Waals surface area (Å²) in [5.74, 6) is 1.31. The summed E-state index contributed by atoms with van der Waals surface area (Å²) in [5.41, 5.74) is 1.87. The fourth-order valence-electron chi connectivity index (χ4n) is 4.08. The molecule has 0 radical (unpaired) electrons. The molecule has 1 fully saturated rings. The van der Waals surface area contributed by atoms with Crippen LogP contribution in [0.2, 0.25) is 0 Å². The topological polar surface area (TPSA) is 59.1 Å². The number of ether oxygens (including phenoxy) is 1. The van der Waals surface area contributed by atoms with Crippen molar-refractivity contribution in [3.05, 3.63) is 77.7 Å². The predicted octanol–water partition coefficient (Wildman–Crippen LogP) is 5.51. The van der Waals surface area contributed by atoms with Crippen molar-refractivity contribution in [1.29, 1.82) is 0 Å². The van der Waals surface area contributed by atoms with Crippen molar-refractivity contribution < 1.29 is 9.13 Å². The summed E-state index contributed by atoms with van der Waals surface area (Å²) in [6.45, 7) is 2.55. The number of hydrogen-bond donors (Lipinski definition) is 2. The molecule has 0 atom stereocenters. The minimum atomic E-state index is -0.216. The van der Waals surface area contributed by atoms with Crippen molar-refractivity contribution in [3.8, 4) is 11.6 Å². The molecule has 0 spiro atoms. The molecule has 0 amide bonds. The Labute approximate surface area is 187 Å². The highest BCUT2D eigenvalue weighted by Gasteiger charge is 2.35. The van der Waals surface area contributed by atoms with Gasteiger partial charge in [0.15, 0.2) is 5.11 Å². The van der Waals surface area contributed by atoms with E-state index in [1.807, 2.05) is 49.4 Å². The lowest BCUT2D eigenvalue weighted by Gasteiger charge is -2.30. The average Bonchev–Trinajstić information content (AvgIpc) is 3.23. The lowest BCUT2D eigenvalue weighted by Crippen LogP contribution is -2.41. The second kappa shape index (κ2) is 9.39. The maximum Gasteiger partial charge on any atom is 0.232 e. The van der Waals surface area contributed by atoms with E-state index >= 15 is 0 Å². The van der Waals surface area contributed by atoms with Gasteiger partial charge in [0.1, 0.15) is 11.6 Å². The zero-order valence-corrected chi connectivity index (χ0v) is 18.2. The summed E-state index contributed by atoms with van der Waals surface area (Å²) in [5, 5.41) is 6.84. The Morgan fingerprint density at radius 2 is 1.77 bits per heavy atom. The summed E-state index contributed by atoms with van der Waals surface area (Å²) in [7, 11) is 0. The zero-order chi connectivity index (χ0) is 21.7. The van der Waals surface area contributed by atoms with E-state index in [0.29, 0.717) is 29.2 Å². The molecular formula is C24H25FN4OS. The first kappa shape index (κ1) is 21.2. The van der Waals surface area contributed by atoms with Gasteiger partial charge < -0.3 is 15.4 Å². The van der Waals surface area contributed by atoms with Crippen molar-refractivity contribution in [2.45, 2.75) is 38.0 Å². The molecule has 2 N–H and O–H groups in total. The minimum Gasteiger partial charge on any atom is -0.439 e. The highest BCUT2D eigenvalue weighted by Crippen LogP contribution is 2.40. The molecule has 1 aliphatic carbocycles. The molecule has 31 heavy (non-hydrogen) atoms. The van der Waals surface area contributed by atoms with Crippen LogP contribution in [0.25, 0.3) is 0 Å². The first-order valence-electron chi connectivity index (χ1n) is 10.4. The standard InChI is InChI=1S/C24H25FN4OS/c1-17-15-21(30-20-7-3-2-4-8-20)28-22(27-17)29-23(31)26-16-24(13-5-6-14-24)18-9-11-19(25)12-10-18/h2-4,7-12,15H,5-6,13-14,16H2,1H3,(H2,26,27,28,29,31). The predicted molar refractivity (Wildman–Crippen MR) is 124 cm³/mol. The first-order chi connectivity index (χ1) is 15.0. The van der Waals surface area contributed by atoms with Crippen molar-refractivity contribution in [2.75, 3.05) is 11.9 Å². The van der Waals surface area contributed by atoms with Crippen molar-refractivity contribution in [1.82, 2.24) is 15.3 Å². The van der Waals surface area contributed by atoms with Crippen LogP contribution in [0.5, 0.6) is 11.6 Å². The Hall–Kier alpha value is -3.06. The number of halogens is 1. The maximum absolute atomic E-state index is 13.4. The highest BCUT2D eigenvalue weighted by atomic mass is 32.1. The number of nitrogens with zero attached hydrogens (tertiary/aromatic N) is 2. The lowest BCUT2D eigenvalue weighted by molar-refractivity contribution is 0.434. The van der Waals surface area contributed by atoms with E-state index in [-0.39, 0.29) is 11.2 Å². The van der Waals surface area contributed by atoms with Crippen LogP contribution in [0.1, 0.15) is 36.9 Å². The second-order valence-electron chi connectivity index (χ2n) is 7.89. The molecule has 1 aromatic heterocycles. The molecule has 1 heterocycles. The quantitative estimate of drug-likeness (QED) is 0.497. The molecule has 0 aliphatic heterocycles. The minimum absolute atomic E-state index is 0.0471. The molecule has 3 aromatic rings. The van der Waals surface area contributed by atoms with Crippen LogP contribution in [0.4, 0.5) is 10.3 Å². The van der Waals surface area contributed by atoms with Gasteiger partial charge in [0.2, 0.25) is 11.8 Å². The molecule has 1 aliphatic rings. The molecule has 0 saturated heterocycles. The van der Waals surface area contributed by atoms with Gasteiger partial charge in [-0.15, -0.1) is 0 Å². The van der Waals surface area contributed by atoms with E-state index in [4.69, 9.17) is 17.0 Å². The number of nitrogens with one attached hydrogen (secondary N) is 2. The third kappa shape index (κ3) is 5.35. The van der Waals surface area contributed by atoms with E-state index in [1.54, 1.807) is 6.07 Å². The number of hydrogen-bond acceptors (Lipinski definition) is 4. The Kier molecular flexibility index (Phi) is 6.42. The van der Waals surface area contributed by atoms with E-state index in [9.17, 15) is 4.39 Å². The fraction of sp³-hybridized carbons (Fsp3) is 0.292. The number of thiocarbonyl (C=S) groups is 1. The van der Waals surface area contributed by atoms with Crippen molar-refractivity contribution in [3.63, 3.8) is 0 Å². The SMILES string of the molecule is Cc1cc(Oc2ccccc2)nc(NC(=S)NCC2(c3ccc(F)cc3)CCCC2)n1. The molecule has 4 rings (SSSR count). The van der Waals surface area contributed by atoms with Crippen LogP contribution in [0.3, 0.4) is 0 Å². The maximum atomic E-state index is 13.4. The van der Waals surface area contributed by atoms with Gasteiger partial charge in [-0.2, -0.15) is 4.98 Å². The van der Waals surface area contributed by atoms with Gasteiger partial charge in [0.05, 0.1) is 0 Å². The van der Waals surface area contributed by atoms with Gasteiger partial charge in [0.25, 0.3) is 0 Å². The molecule has 0 unspecified atom stereocenters. The number of aryl methyl sites for hydroxylation is 1. The normalized spacial score (nSPS) is 14.8. The zero-order valence-electron chi connectivity index (χ0n) is 17.4. The third-order valence-corrected chi connectivity index (χ3v) is 5.87. The molecule has 7 heteroatoms. The molecule has 1 saturated carbocycles. The van der Waals surface area contributed by atoms with Gasteiger partial charge >= 0.3 is 0 Å². The Balaban J connectivity index is 1.42. The van der Waals surface area contributed by atoms with Gasteiger partial charge in [-0.1, -0.05) is 43.2 Å². The fourth-order valence-corrected chi connectivity index (χ4v) is 4.24. The van der Waals surface area contributed by atoms with E-state index in [2.05, 4.69) is 20.6 Å². The smallest absolute Gasteiger partial charge is 0.232 e. The lowest BCUT2D eigenvalue weighted by atomic mass is 9.79. The van der Waals surface area contributed by atoms with Crippen LogP contribution in [0.15, 0.2) is 60.7 Å². The second-order valence-corrected chi connectivity index (χ2v) is 8.30. The van der Waals surface area contributed by atoms with Crippen LogP contribution in [0, 0.1) is 12.7 Å². The highest BCUT2D eigenvalue weighted by molar-refractivity contribution is 7.80. The van der Waals surface area contributed by atoms with Crippen LogP contribution in [-0.2, 0) is 5.41 Å².